The molecule has 1 heterocycles. The van der Waals surface area contributed by atoms with Gasteiger partial charge in [0.2, 0.25) is 0 Å². The Morgan fingerprint density at radius 3 is 2.77 bits per heavy atom. The maximum atomic E-state index is 8.88. The number of para-hydroxylation sites is 1. The summed E-state index contributed by atoms with van der Waals surface area (Å²) in [5.74, 6) is 0.683. The first-order valence-electron chi connectivity index (χ1n) is 4.07. The standard InChI is InChI=1S/C10H10O3/c11-10(12)9-6-5-7-3-1-2-4-8(7)13-9/h1-6,9-12H. The van der Waals surface area contributed by atoms with E-state index < -0.39 is 12.4 Å². The molecule has 0 saturated heterocycles. The molecule has 0 spiro atoms. The van der Waals surface area contributed by atoms with Crippen LogP contribution in [-0.2, 0) is 0 Å². The van der Waals surface area contributed by atoms with Gasteiger partial charge in [-0.1, -0.05) is 24.3 Å². The van der Waals surface area contributed by atoms with Crippen molar-refractivity contribution in [2.45, 2.75) is 12.4 Å². The van der Waals surface area contributed by atoms with Crippen molar-refractivity contribution >= 4 is 6.08 Å². The second-order valence-electron chi connectivity index (χ2n) is 2.89. The lowest BCUT2D eigenvalue weighted by Crippen LogP contribution is -2.30. The zero-order chi connectivity index (χ0) is 9.26. The van der Waals surface area contributed by atoms with Gasteiger partial charge in [-0.2, -0.15) is 0 Å². The average Bonchev–Trinajstić information content (AvgIpc) is 2.17. The molecule has 0 fully saturated rings. The summed E-state index contributed by atoms with van der Waals surface area (Å²) in [4.78, 5) is 0. The van der Waals surface area contributed by atoms with Crippen LogP contribution < -0.4 is 4.74 Å². The monoisotopic (exact) mass is 178 g/mol. The maximum absolute atomic E-state index is 8.88. The molecule has 3 heteroatoms. The predicted molar refractivity (Wildman–Crippen MR) is 48.1 cm³/mol. The van der Waals surface area contributed by atoms with Crippen molar-refractivity contribution in [3.05, 3.63) is 35.9 Å². The van der Waals surface area contributed by atoms with E-state index in [1.165, 1.54) is 0 Å². The Hall–Kier alpha value is -1.32. The van der Waals surface area contributed by atoms with Gasteiger partial charge in [-0.25, -0.2) is 0 Å². The fourth-order valence-corrected chi connectivity index (χ4v) is 1.27. The van der Waals surface area contributed by atoms with E-state index in [9.17, 15) is 0 Å². The van der Waals surface area contributed by atoms with Crippen LogP contribution in [-0.4, -0.2) is 22.6 Å². The molecule has 1 unspecified atom stereocenters. The van der Waals surface area contributed by atoms with E-state index in [-0.39, 0.29) is 0 Å². The van der Waals surface area contributed by atoms with Crippen LogP contribution in [0.2, 0.25) is 0 Å². The van der Waals surface area contributed by atoms with Crippen LogP contribution in [0.4, 0.5) is 0 Å². The molecule has 0 radical (unpaired) electrons. The van der Waals surface area contributed by atoms with Crippen molar-refractivity contribution in [1.29, 1.82) is 0 Å². The normalized spacial score (nSPS) is 19.8. The first-order chi connectivity index (χ1) is 6.27. The van der Waals surface area contributed by atoms with E-state index in [4.69, 9.17) is 14.9 Å². The molecule has 0 aromatic heterocycles. The third-order valence-electron chi connectivity index (χ3n) is 1.94. The Morgan fingerprint density at radius 1 is 1.23 bits per heavy atom. The van der Waals surface area contributed by atoms with Crippen molar-refractivity contribution in [2.24, 2.45) is 0 Å². The third-order valence-corrected chi connectivity index (χ3v) is 1.94. The Labute approximate surface area is 75.9 Å². The van der Waals surface area contributed by atoms with E-state index in [1.807, 2.05) is 24.3 Å². The lowest BCUT2D eigenvalue weighted by Gasteiger charge is -2.22. The highest BCUT2D eigenvalue weighted by Crippen LogP contribution is 2.25. The molecule has 1 atom stereocenters. The average molecular weight is 178 g/mol. The molecule has 1 aromatic rings. The summed E-state index contributed by atoms with van der Waals surface area (Å²) in [7, 11) is 0. The van der Waals surface area contributed by atoms with Gasteiger partial charge < -0.3 is 14.9 Å². The highest BCUT2D eigenvalue weighted by atomic mass is 16.6. The highest BCUT2D eigenvalue weighted by Gasteiger charge is 2.19. The molecule has 1 aliphatic heterocycles. The minimum atomic E-state index is -1.47. The van der Waals surface area contributed by atoms with Gasteiger partial charge in [-0.05, 0) is 12.1 Å². The SMILES string of the molecule is OC(O)C1C=Cc2ccccc2O1. The van der Waals surface area contributed by atoms with Crippen LogP contribution in [0, 0.1) is 0 Å². The Balaban J connectivity index is 2.29. The quantitative estimate of drug-likeness (QED) is 0.624. The summed E-state index contributed by atoms with van der Waals surface area (Å²) in [5, 5.41) is 17.8. The Kier molecular flexibility index (Phi) is 2.04. The number of fused-ring (bicyclic) bond motifs is 1. The number of ether oxygens (including phenoxy) is 1. The van der Waals surface area contributed by atoms with E-state index in [1.54, 1.807) is 12.1 Å². The van der Waals surface area contributed by atoms with Crippen molar-refractivity contribution in [3.63, 3.8) is 0 Å². The lowest BCUT2D eigenvalue weighted by atomic mass is 10.1. The molecule has 0 aliphatic carbocycles. The third kappa shape index (κ3) is 1.56. The van der Waals surface area contributed by atoms with E-state index >= 15 is 0 Å². The Bertz CT molecular complexity index is 331. The van der Waals surface area contributed by atoms with Crippen LogP contribution in [0.25, 0.3) is 6.08 Å². The molecule has 13 heavy (non-hydrogen) atoms. The van der Waals surface area contributed by atoms with Crippen LogP contribution in [0.15, 0.2) is 30.3 Å². The van der Waals surface area contributed by atoms with Crippen LogP contribution >= 0.6 is 0 Å². The Morgan fingerprint density at radius 2 is 2.00 bits per heavy atom. The van der Waals surface area contributed by atoms with Crippen molar-refractivity contribution in [1.82, 2.24) is 0 Å². The van der Waals surface area contributed by atoms with Gasteiger partial charge in [0, 0.05) is 5.56 Å². The fraction of sp³-hybridized carbons (Fsp3) is 0.200. The summed E-state index contributed by atoms with van der Waals surface area (Å²) in [5.41, 5.74) is 0.958. The molecule has 2 rings (SSSR count). The van der Waals surface area contributed by atoms with E-state index in [0.29, 0.717) is 5.75 Å². The van der Waals surface area contributed by atoms with Gasteiger partial charge in [-0.15, -0.1) is 0 Å². The van der Waals surface area contributed by atoms with E-state index in [0.717, 1.165) is 5.56 Å². The zero-order valence-corrected chi connectivity index (χ0v) is 6.92. The maximum Gasteiger partial charge on any atom is 0.193 e. The zero-order valence-electron chi connectivity index (χ0n) is 6.92. The summed E-state index contributed by atoms with van der Waals surface area (Å²) in [6.07, 6.45) is 1.33. The van der Waals surface area contributed by atoms with Gasteiger partial charge in [0.1, 0.15) is 5.75 Å². The lowest BCUT2D eigenvalue weighted by molar-refractivity contribution is -0.0955. The first kappa shape index (κ1) is 8.29. The number of aliphatic hydroxyl groups is 2. The van der Waals surface area contributed by atoms with Gasteiger partial charge >= 0.3 is 0 Å². The first-order valence-corrected chi connectivity index (χ1v) is 4.07. The molecule has 1 aromatic carbocycles. The summed E-state index contributed by atoms with van der Waals surface area (Å²) >= 11 is 0. The number of hydrogen-bond donors (Lipinski definition) is 2. The largest absolute Gasteiger partial charge is 0.480 e. The molecule has 0 saturated carbocycles. The van der Waals surface area contributed by atoms with Crippen molar-refractivity contribution in [3.8, 4) is 5.75 Å². The minimum absolute atomic E-state index is 0.658. The molecule has 68 valence electrons. The molecular formula is C10H10O3. The van der Waals surface area contributed by atoms with E-state index in [2.05, 4.69) is 0 Å². The fourth-order valence-electron chi connectivity index (χ4n) is 1.27. The smallest absolute Gasteiger partial charge is 0.193 e. The van der Waals surface area contributed by atoms with Gasteiger partial charge in [0.25, 0.3) is 0 Å². The summed E-state index contributed by atoms with van der Waals surface area (Å²) in [6, 6.07) is 7.46. The van der Waals surface area contributed by atoms with Crippen molar-refractivity contribution < 1.29 is 14.9 Å². The second kappa shape index (κ2) is 3.20. The number of benzene rings is 1. The van der Waals surface area contributed by atoms with Crippen LogP contribution in [0.1, 0.15) is 5.56 Å². The van der Waals surface area contributed by atoms with Gasteiger partial charge in [0.15, 0.2) is 12.4 Å². The molecule has 0 bridgehead atoms. The highest BCUT2D eigenvalue weighted by molar-refractivity contribution is 5.59. The molecule has 0 amide bonds. The molecule has 1 aliphatic rings. The molecule has 2 N–H and O–H groups in total. The van der Waals surface area contributed by atoms with Crippen LogP contribution in [0.3, 0.4) is 0 Å². The van der Waals surface area contributed by atoms with Gasteiger partial charge in [-0.3, -0.25) is 0 Å². The number of hydrogen-bond acceptors (Lipinski definition) is 3. The predicted octanol–water partition coefficient (Wildman–Crippen LogP) is 0.771. The van der Waals surface area contributed by atoms with Gasteiger partial charge in [0.05, 0.1) is 0 Å². The molecular weight excluding hydrogens is 168 g/mol. The summed E-state index contributed by atoms with van der Waals surface area (Å²) < 4.78 is 5.31. The minimum Gasteiger partial charge on any atom is -0.480 e. The topological polar surface area (TPSA) is 49.7 Å². The number of rotatable bonds is 1. The van der Waals surface area contributed by atoms with Crippen LogP contribution in [0.5, 0.6) is 5.75 Å². The molecule has 3 nitrogen and oxygen atoms in total. The second-order valence-corrected chi connectivity index (χ2v) is 2.89. The number of aliphatic hydroxyl groups excluding tert-OH is 1. The summed E-state index contributed by atoms with van der Waals surface area (Å²) in [6.45, 7) is 0. The van der Waals surface area contributed by atoms with Crippen molar-refractivity contribution in [2.75, 3.05) is 0 Å².